The molecule has 10 heteroatoms. The second kappa shape index (κ2) is 12.0. The molecule has 1 aromatic heterocycles. The number of nitrogens with zero attached hydrogens (tertiary/aromatic N) is 3. The lowest BCUT2D eigenvalue weighted by Crippen LogP contribution is -2.12. The number of rotatable bonds is 9. The number of anilines is 1. The molecule has 0 amide bonds. The molecule has 1 aromatic carbocycles. The van der Waals surface area contributed by atoms with Crippen LogP contribution in [-0.2, 0) is 4.74 Å². The van der Waals surface area contributed by atoms with Gasteiger partial charge in [-0.25, -0.2) is 0 Å². The van der Waals surface area contributed by atoms with Gasteiger partial charge in [0.25, 0.3) is 0 Å². The minimum absolute atomic E-state index is 0.321. The monoisotopic (exact) mass is 474 g/mol. The molecule has 2 aromatic rings. The number of thioether (sulfide) groups is 1. The predicted octanol–water partition coefficient (Wildman–Crippen LogP) is 4.92. The number of benzene rings is 1. The van der Waals surface area contributed by atoms with Crippen molar-refractivity contribution in [3.8, 4) is 5.75 Å². The van der Waals surface area contributed by atoms with Crippen LogP contribution in [0.3, 0.4) is 0 Å². The summed E-state index contributed by atoms with van der Waals surface area (Å²) in [6.45, 7) is 7.68. The van der Waals surface area contributed by atoms with Gasteiger partial charge in [-0.05, 0) is 31.4 Å². The zero-order chi connectivity index (χ0) is 23.7. The summed E-state index contributed by atoms with van der Waals surface area (Å²) in [7, 11) is 3.15. The van der Waals surface area contributed by atoms with E-state index in [9.17, 15) is 0 Å². The molecule has 32 heavy (non-hydrogen) atoms. The number of aromatic amines is 1. The largest absolute Gasteiger partial charge is 0.492 e. The number of halogens is 1. The van der Waals surface area contributed by atoms with Crippen molar-refractivity contribution in [2.45, 2.75) is 18.7 Å². The first-order valence-electron chi connectivity index (χ1n) is 9.50. The first kappa shape index (κ1) is 25.1. The van der Waals surface area contributed by atoms with Gasteiger partial charge >= 0.3 is 0 Å². The average molecular weight is 475 g/mol. The number of nitrogens with one attached hydrogen (secondary N) is 2. The second-order valence-corrected chi connectivity index (χ2v) is 7.75. The minimum atomic E-state index is 0.321. The Hall–Kier alpha value is -3.17. The van der Waals surface area contributed by atoms with Gasteiger partial charge in [0.05, 0.1) is 12.1 Å². The van der Waals surface area contributed by atoms with Crippen LogP contribution in [0.2, 0.25) is 5.02 Å². The number of nitrogens with two attached hydrogens (primary N) is 1. The highest BCUT2D eigenvalue weighted by molar-refractivity contribution is 7.98. The molecule has 170 valence electrons. The molecule has 0 saturated carbocycles. The smallest absolute Gasteiger partial charge is 0.193 e. The number of H-pyrrole nitrogens is 1. The van der Waals surface area contributed by atoms with Gasteiger partial charge in [0.1, 0.15) is 5.75 Å². The Morgan fingerprint density at radius 2 is 2.12 bits per heavy atom. The number of aliphatic imine (C=N–C) groups is 2. The van der Waals surface area contributed by atoms with Crippen LogP contribution < -0.4 is 15.8 Å². The number of hydrogen-bond acceptors (Lipinski definition) is 8. The Kier molecular flexibility index (Phi) is 9.42. The van der Waals surface area contributed by atoms with Crippen molar-refractivity contribution in [1.82, 2.24) is 10.2 Å². The Morgan fingerprint density at radius 3 is 2.66 bits per heavy atom. The quantitative estimate of drug-likeness (QED) is 0.156. The van der Waals surface area contributed by atoms with E-state index in [2.05, 4.69) is 32.1 Å². The van der Waals surface area contributed by atoms with Crippen LogP contribution in [-0.4, -0.2) is 42.7 Å². The molecule has 1 heterocycles. The van der Waals surface area contributed by atoms with Crippen molar-refractivity contribution in [2.75, 3.05) is 25.7 Å². The summed E-state index contributed by atoms with van der Waals surface area (Å²) in [5.74, 6) is 2.01. The Labute approximate surface area is 197 Å². The molecule has 0 atom stereocenters. The van der Waals surface area contributed by atoms with Crippen LogP contribution in [0, 0.1) is 6.92 Å². The summed E-state index contributed by atoms with van der Waals surface area (Å²) < 4.78 is 11.5. The van der Waals surface area contributed by atoms with Gasteiger partial charge < -0.3 is 20.5 Å². The maximum atomic E-state index is 6.35. The molecule has 8 nitrogen and oxygen atoms in total. The van der Waals surface area contributed by atoms with Crippen molar-refractivity contribution in [1.29, 1.82) is 0 Å². The van der Waals surface area contributed by atoms with Crippen LogP contribution >= 0.6 is 23.4 Å². The molecular weight excluding hydrogens is 448 g/mol. The van der Waals surface area contributed by atoms with E-state index in [0.717, 1.165) is 10.6 Å². The fourth-order valence-corrected chi connectivity index (χ4v) is 3.35. The molecule has 0 aliphatic rings. The van der Waals surface area contributed by atoms with Crippen molar-refractivity contribution < 1.29 is 9.47 Å². The molecule has 4 N–H and O–H groups in total. The van der Waals surface area contributed by atoms with Crippen molar-refractivity contribution in [3.05, 3.63) is 70.5 Å². The molecule has 0 bridgehead atoms. The zero-order valence-electron chi connectivity index (χ0n) is 18.7. The Bertz CT molecular complexity index is 1090. The maximum Gasteiger partial charge on any atom is 0.193 e. The summed E-state index contributed by atoms with van der Waals surface area (Å²) in [5, 5.41) is 10.7. The normalized spacial score (nSPS) is 13.2. The number of allylic oxidation sites excluding steroid dienone is 1. The highest BCUT2D eigenvalue weighted by Crippen LogP contribution is 2.29. The fourth-order valence-electron chi connectivity index (χ4n) is 2.62. The van der Waals surface area contributed by atoms with E-state index < -0.39 is 0 Å². The lowest BCUT2D eigenvalue weighted by molar-refractivity contribution is 0.298. The second-order valence-electron chi connectivity index (χ2n) is 6.46. The molecule has 0 radical (unpaired) electrons. The summed E-state index contributed by atoms with van der Waals surface area (Å²) in [5.41, 5.74) is 7.68. The summed E-state index contributed by atoms with van der Waals surface area (Å²) >= 11 is 7.94. The molecule has 0 aliphatic carbocycles. The third-order valence-corrected chi connectivity index (χ3v) is 5.13. The number of aryl methyl sites for hydroxylation is 1. The van der Waals surface area contributed by atoms with Crippen molar-refractivity contribution in [3.63, 3.8) is 0 Å². The minimum Gasteiger partial charge on any atom is -0.492 e. The topological polar surface area (TPSA) is 110 Å². The van der Waals surface area contributed by atoms with E-state index in [1.54, 1.807) is 38.0 Å². The van der Waals surface area contributed by atoms with Gasteiger partial charge in [-0.15, -0.1) is 11.8 Å². The Balaban J connectivity index is 2.49. The molecule has 0 unspecified atom stereocenters. The highest BCUT2D eigenvalue weighted by atomic mass is 35.5. The van der Waals surface area contributed by atoms with Crippen LogP contribution in [0.4, 0.5) is 5.82 Å². The van der Waals surface area contributed by atoms with Crippen LogP contribution in [0.1, 0.15) is 12.6 Å². The molecule has 0 aliphatic heterocycles. The highest BCUT2D eigenvalue weighted by Gasteiger charge is 2.16. The van der Waals surface area contributed by atoms with Gasteiger partial charge in [0.2, 0.25) is 0 Å². The third-order valence-electron chi connectivity index (χ3n) is 4.11. The van der Waals surface area contributed by atoms with E-state index in [4.69, 9.17) is 26.8 Å². The number of methoxy groups -OCH3 is 1. The molecular formula is C22H27ClN6O2S. The van der Waals surface area contributed by atoms with E-state index in [0.29, 0.717) is 45.2 Å². The maximum absolute atomic E-state index is 6.35. The summed E-state index contributed by atoms with van der Waals surface area (Å²) in [6.07, 6.45) is 4.95. The van der Waals surface area contributed by atoms with Gasteiger partial charge in [-0.2, -0.15) is 10.1 Å². The number of ether oxygens (including phenoxy) is 2. The lowest BCUT2D eigenvalue weighted by Gasteiger charge is -2.15. The summed E-state index contributed by atoms with van der Waals surface area (Å²) in [6, 6.07) is 7.38. The van der Waals surface area contributed by atoms with Gasteiger partial charge in [0.15, 0.2) is 23.3 Å². The van der Waals surface area contributed by atoms with Crippen molar-refractivity contribution in [2.24, 2.45) is 15.7 Å². The fraction of sp³-hybridized carbons (Fsp3) is 0.227. The zero-order valence-corrected chi connectivity index (χ0v) is 20.3. The van der Waals surface area contributed by atoms with E-state index >= 15 is 0 Å². The average Bonchev–Trinajstić information content (AvgIpc) is 3.18. The first-order valence-corrected chi connectivity index (χ1v) is 11.1. The van der Waals surface area contributed by atoms with Crippen LogP contribution in [0.15, 0.2) is 74.7 Å². The number of aromatic nitrogens is 2. The lowest BCUT2D eigenvalue weighted by atomic mass is 10.1. The third kappa shape index (κ3) is 6.66. The molecule has 0 fully saturated rings. The Morgan fingerprint density at radius 1 is 1.38 bits per heavy atom. The summed E-state index contributed by atoms with van der Waals surface area (Å²) in [4.78, 5) is 9.61. The van der Waals surface area contributed by atoms with Gasteiger partial charge in [-0.3, -0.25) is 10.1 Å². The van der Waals surface area contributed by atoms with Crippen LogP contribution in [0.25, 0.3) is 0 Å². The standard InChI is InChI=1S/C22H27ClN6O2S/c1-13-9-20(29-28-13)27-22(21(30-5)14(2)16(11-24)12-25-4)26-15(3)31-19-8-7-17(32-6)10-18(19)23/h7-12H,2,24H2,1,3-6H3,(H2,27,28,29)/b16-11+,22-21-,25-12?,26-15+. The SMILES string of the molecule is C=C(/C(C=NC)=C/N)/C(OC)=C(\N=C(/C)Oc1ccc(SC)cc1Cl)Nc1cc(C)[nH]n1. The van der Waals surface area contributed by atoms with E-state index in [1.165, 1.54) is 13.3 Å². The van der Waals surface area contributed by atoms with Gasteiger partial charge in [-0.1, -0.05) is 18.2 Å². The molecule has 2 rings (SSSR count). The van der Waals surface area contributed by atoms with Crippen LogP contribution in [0.5, 0.6) is 5.75 Å². The number of hydrogen-bond donors (Lipinski definition) is 3. The molecule has 0 spiro atoms. The van der Waals surface area contributed by atoms with Gasteiger partial charge in [0, 0.05) is 54.2 Å². The first-order chi connectivity index (χ1) is 15.3. The predicted molar refractivity (Wildman–Crippen MR) is 134 cm³/mol. The molecule has 0 saturated heterocycles. The van der Waals surface area contributed by atoms with E-state index in [1.807, 2.05) is 31.4 Å². The van der Waals surface area contributed by atoms with E-state index in [-0.39, 0.29) is 0 Å². The van der Waals surface area contributed by atoms with Crippen molar-refractivity contribution >= 4 is 41.3 Å².